The van der Waals surface area contributed by atoms with Crippen LogP contribution in [0.5, 0.6) is 0 Å². The molecule has 8 heteroatoms. The summed E-state index contributed by atoms with van der Waals surface area (Å²) in [5.74, 6) is -0.125. The maximum absolute atomic E-state index is 13.2. The molecule has 0 aliphatic carbocycles. The summed E-state index contributed by atoms with van der Waals surface area (Å²) < 4.78 is 1.76. The van der Waals surface area contributed by atoms with Gasteiger partial charge in [-0.25, -0.2) is 0 Å². The maximum atomic E-state index is 13.2. The van der Waals surface area contributed by atoms with Gasteiger partial charge in [0.15, 0.2) is 0 Å². The Bertz CT molecular complexity index is 784. The molecule has 0 atom stereocenters. The van der Waals surface area contributed by atoms with Crippen molar-refractivity contribution in [1.29, 1.82) is 0 Å². The van der Waals surface area contributed by atoms with Crippen molar-refractivity contribution < 1.29 is 9.59 Å². The second-order valence-electron chi connectivity index (χ2n) is 6.74. The van der Waals surface area contributed by atoms with Crippen LogP contribution in [-0.4, -0.2) is 52.7 Å². The molecule has 1 aromatic heterocycles. The summed E-state index contributed by atoms with van der Waals surface area (Å²) in [5, 5.41) is 10.6. The van der Waals surface area contributed by atoms with Gasteiger partial charge in [0.25, 0.3) is 11.8 Å². The number of amides is 2. The third-order valence-electron chi connectivity index (χ3n) is 5.21. The zero-order valence-electron chi connectivity index (χ0n) is 16.4. The minimum Gasteiger partial charge on any atom is -0.339 e. The number of hydrogen-bond acceptors (Lipinski definition) is 4. The minimum absolute atomic E-state index is 0. The second kappa shape index (κ2) is 9.71. The summed E-state index contributed by atoms with van der Waals surface area (Å²) in [7, 11) is 0. The third kappa shape index (κ3) is 4.36. The smallest absolute Gasteiger partial charge is 0.253 e. The molecular formula is C20H28ClN5O2. The fraction of sp³-hybridized carbons (Fsp3) is 0.450. The number of carbonyl (C=O) groups is 2. The van der Waals surface area contributed by atoms with Crippen LogP contribution < -0.4 is 10.6 Å². The van der Waals surface area contributed by atoms with Crippen LogP contribution in [0.15, 0.2) is 42.7 Å². The van der Waals surface area contributed by atoms with Crippen molar-refractivity contribution >= 4 is 29.9 Å². The van der Waals surface area contributed by atoms with Crippen LogP contribution in [-0.2, 0) is 10.3 Å². The largest absolute Gasteiger partial charge is 0.339 e. The standard InChI is InChI=1S/C20H27N5O2.ClH/c1-3-24(4-2)18(26)16-7-5-8-17(15-16)23-19(27)20(9-12-21-13-10-20)25-14-6-11-22-25;/h5-8,11,14-15,21H,3-4,9-10,12-13H2,1-2H3,(H,23,27);1H. The van der Waals surface area contributed by atoms with Crippen molar-refractivity contribution in [3.63, 3.8) is 0 Å². The lowest BCUT2D eigenvalue weighted by molar-refractivity contribution is -0.126. The van der Waals surface area contributed by atoms with Crippen LogP contribution in [0.25, 0.3) is 0 Å². The van der Waals surface area contributed by atoms with Gasteiger partial charge in [-0.2, -0.15) is 5.10 Å². The topological polar surface area (TPSA) is 79.3 Å². The predicted molar refractivity (Wildman–Crippen MR) is 112 cm³/mol. The highest BCUT2D eigenvalue weighted by molar-refractivity contribution is 5.99. The Morgan fingerprint density at radius 3 is 2.54 bits per heavy atom. The fourth-order valence-corrected chi connectivity index (χ4v) is 3.59. The van der Waals surface area contributed by atoms with Gasteiger partial charge < -0.3 is 15.5 Å². The molecule has 0 spiro atoms. The molecule has 1 saturated heterocycles. The lowest BCUT2D eigenvalue weighted by Crippen LogP contribution is -2.52. The van der Waals surface area contributed by atoms with E-state index in [0.717, 1.165) is 13.1 Å². The van der Waals surface area contributed by atoms with Crippen molar-refractivity contribution in [2.24, 2.45) is 0 Å². The third-order valence-corrected chi connectivity index (χ3v) is 5.21. The quantitative estimate of drug-likeness (QED) is 0.773. The first kappa shape index (κ1) is 21.9. The van der Waals surface area contributed by atoms with Crippen LogP contribution in [0.3, 0.4) is 0 Å². The molecule has 1 fully saturated rings. The van der Waals surface area contributed by atoms with Crippen molar-refractivity contribution in [2.75, 3.05) is 31.5 Å². The van der Waals surface area contributed by atoms with Crippen LogP contribution in [0.1, 0.15) is 37.0 Å². The summed E-state index contributed by atoms with van der Waals surface area (Å²) in [6.07, 6.45) is 4.86. The number of nitrogens with one attached hydrogen (secondary N) is 2. The molecule has 2 amide bonds. The van der Waals surface area contributed by atoms with E-state index in [4.69, 9.17) is 0 Å². The number of piperidine rings is 1. The molecule has 7 nitrogen and oxygen atoms in total. The number of rotatable bonds is 6. The average Bonchev–Trinajstić information content (AvgIpc) is 3.25. The number of nitrogens with zero attached hydrogens (tertiary/aromatic N) is 3. The van der Waals surface area contributed by atoms with E-state index < -0.39 is 5.54 Å². The first-order chi connectivity index (χ1) is 13.1. The summed E-state index contributed by atoms with van der Waals surface area (Å²) in [5.41, 5.74) is 0.492. The van der Waals surface area contributed by atoms with Crippen LogP contribution in [0.2, 0.25) is 0 Å². The van der Waals surface area contributed by atoms with Crippen molar-refractivity contribution in [3.8, 4) is 0 Å². The Morgan fingerprint density at radius 1 is 1.21 bits per heavy atom. The zero-order valence-corrected chi connectivity index (χ0v) is 17.2. The van der Waals surface area contributed by atoms with Crippen molar-refractivity contribution in [2.45, 2.75) is 32.2 Å². The first-order valence-electron chi connectivity index (χ1n) is 9.52. The SMILES string of the molecule is CCN(CC)C(=O)c1cccc(NC(=O)C2(n3cccn3)CCNCC2)c1.Cl. The average molecular weight is 406 g/mol. The summed E-state index contributed by atoms with van der Waals surface area (Å²) >= 11 is 0. The van der Waals surface area contributed by atoms with Gasteiger partial charge in [-0.1, -0.05) is 6.07 Å². The van der Waals surface area contributed by atoms with Crippen LogP contribution >= 0.6 is 12.4 Å². The van der Waals surface area contributed by atoms with E-state index in [1.807, 2.05) is 32.2 Å². The molecule has 3 rings (SSSR count). The van der Waals surface area contributed by atoms with E-state index in [-0.39, 0.29) is 24.2 Å². The van der Waals surface area contributed by atoms with Gasteiger partial charge in [0.05, 0.1) is 0 Å². The van der Waals surface area contributed by atoms with E-state index in [2.05, 4.69) is 15.7 Å². The maximum Gasteiger partial charge on any atom is 0.253 e. The number of anilines is 1. The second-order valence-corrected chi connectivity index (χ2v) is 6.74. The summed E-state index contributed by atoms with van der Waals surface area (Å²) in [6, 6.07) is 8.98. The lowest BCUT2D eigenvalue weighted by atomic mass is 9.87. The fourth-order valence-electron chi connectivity index (χ4n) is 3.59. The first-order valence-corrected chi connectivity index (χ1v) is 9.52. The molecule has 1 aliphatic rings. The molecule has 0 unspecified atom stereocenters. The number of aromatic nitrogens is 2. The van der Waals surface area contributed by atoms with Gasteiger partial charge in [0.1, 0.15) is 5.54 Å². The van der Waals surface area contributed by atoms with Crippen LogP contribution in [0, 0.1) is 0 Å². The summed E-state index contributed by atoms with van der Waals surface area (Å²) in [6.45, 7) is 6.74. The van der Waals surface area contributed by atoms with E-state index in [1.165, 1.54) is 0 Å². The molecule has 2 N–H and O–H groups in total. The van der Waals surface area contributed by atoms with Gasteiger partial charge in [0.2, 0.25) is 0 Å². The van der Waals surface area contributed by atoms with Gasteiger partial charge in [0, 0.05) is 36.7 Å². The van der Waals surface area contributed by atoms with Gasteiger partial charge in [-0.3, -0.25) is 14.3 Å². The van der Waals surface area contributed by atoms with Crippen molar-refractivity contribution in [1.82, 2.24) is 20.0 Å². The Hall–Kier alpha value is -2.38. The summed E-state index contributed by atoms with van der Waals surface area (Å²) in [4.78, 5) is 27.6. The number of carbonyl (C=O) groups excluding carboxylic acids is 2. The highest BCUT2D eigenvalue weighted by Gasteiger charge is 2.42. The number of benzene rings is 1. The highest BCUT2D eigenvalue weighted by Crippen LogP contribution is 2.29. The minimum atomic E-state index is -0.715. The van der Waals surface area contributed by atoms with E-state index in [9.17, 15) is 9.59 Å². The Kier molecular flexibility index (Phi) is 7.60. The Labute approximate surface area is 171 Å². The molecule has 152 valence electrons. The molecule has 0 bridgehead atoms. The normalized spacial score (nSPS) is 15.4. The monoisotopic (exact) mass is 405 g/mol. The Balaban J connectivity index is 0.00000280. The van der Waals surface area contributed by atoms with E-state index in [1.54, 1.807) is 34.0 Å². The van der Waals surface area contributed by atoms with Gasteiger partial charge in [-0.05, 0) is 64.0 Å². The van der Waals surface area contributed by atoms with Crippen molar-refractivity contribution in [3.05, 3.63) is 48.3 Å². The molecule has 28 heavy (non-hydrogen) atoms. The zero-order chi connectivity index (χ0) is 19.3. The van der Waals surface area contributed by atoms with Gasteiger partial charge in [-0.15, -0.1) is 12.4 Å². The number of hydrogen-bond donors (Lipinski definition) is 2. The predicted octanol–water partition coefficient (Wildman–Crippen LogP) is 2.50. The molecule has 0 saturated carbocycles. The molecule has 0 radical (unpaired) electrons. The molecule has 1 aromatic carbocycles. The molecule has 1 aliphatic heterocycles. The van der Waals surface area contributed by atoms with Gasteiger partial charge >= 0.3 is 0 Å². The Morgan fingerprint density at radius 2 is 1.93 bits per heavy atom. The molecule has 2 aromatic rings. The van der Waals surface area contributed by atoms with E-state index >= 15 is 0 Å². The van der Waals surface area contributed by atoms with Crippen LogP contribution in [0.4, 0.5) is 5.69 Å². The van der Waals surface area contributed by atoms with E-state index in [0.29, 0.717) is 37.2 Å². The lowest BCUT2D eigenvalue weighted by Gasteiger charge is -2.36. The molecule has 2 heterocycles. The highest BCUT2D eigenvalue weighted by atomic mass is 35.5. The number of halogens is 1. The molecular weight excluding hydrogens is 378 g/mol.